The summed E-state index contributed by atoms with van der Waals surface area (Å²) < 4.78 is 0. The maximum atomic E-state index is 6.53. The molecule has 6 N–H and O–H groups in total. The SMILES string of the molecule is CC(c1ccc(C23CC4CC(C(=S)N[C@H]5CC[C@H](CN)CC5)(CC(C2)C4C)C3)cc1)C1C2CC3(C(=S)N[C@H]4CC[C@H](CN)CC4)CC1CC(c1ccccc1)(C2)C3. The predicted octanol–water partition coefficient (Wildman–Crippen LogP) is 10.5. The van der Waals surface area contributed by atoms with Crippen LogP contribution < -0.4 is 22.1 Å². The Hall–Kier alpha value is -1.86. The van der Waals surface area contributed by atoms with Crippen LogP contribution in [0.4, 0.5) is 0 Å². The van der Waals surface area contributed by atoms with Gasteiger partial charge in [0.05, 0.1) is 9.98 Å². The molecule has 5 atom stereocenters. The van der Waals surface area contributed by atoms with Crippen LogP contribution in [-0.2, 0) is 10.8 Å². The van der Waals surface area contributed by atoms with Crippen LogP contribution in [0.2, 0.25) is 0 Å². The first-order chi connectivity index (χ1) is 27.6. The van der Waals surface area contributed by atoms with Gasteiger partial charge in [0.15, 0.2) is 0 Å². The van der Waals surface area contributed by atoms with Crippen molar-refractivity contribution in [3.63, 3.8) is 0 Å². The molecule has 0 heterocycles. The molecule has 4 nitrogen and oxygen atoms in total. The summed E-state index contributed by atoms with van der Waals surface area (Å²) in [5.74, 6) is 6.48. The standard InChI is InChI=1S/C51H72N4S2/c1-32-37-20-48(21-38(32)23-50(22-37,30-48)46(56)54-43-16-8-34(28-52)9-17-43)42-14-12-36(13-15-42)33(2)45-39-24-49(41-6-4-3-5-7-41)25-40(45)27-51(26-39,31-49)47(57)55-44-18-10-35(29-53)11-19-44/h3-7,12-15,32-35,37-40,43-45H,8-11,16-31,52-53H2,1-2H3,(H,54,56)(H,55,57)/t32?,33?,34-,35-,37?,38?,39?,40?,43-,44-,45?,48?,49?,50?,51?. The monoisotopic (exact) mass is 805 g/mol. The van der Waals surface area contributed by atoms with E-state index in [0.717, 1.165) is 36.8 Å². The maximum absolute atomic E-state index is 6.53. The summed E-state index contributed by atoms with van der Waals surface area (Å²) in [6.07, 6.45) is 22.8. The third-order valence-corrected chi connectivity index (χ3v) is 20.3. The first-order valence-electron chi connectivity index (χ1n) is 23.7. The van der Waals surface area contributed by atoms with Crippen molar-refractivity contribution in [1.82, 2.24) is 10.6 Å². The molecule has 0 amide bonds. The first-order valence-corrected chi connectivity index (χ1v) is 24.6. The Labute approximate surface area is 355 Å². The number of thiocarbonyl (C=S) groups is 2. The Balaban J connectivity index is 0.875. The number of hydrogen-bond acceptors (Lipinski definition) is 4. The minimum absolute atomic E-state index is 0.132. The zero-order valence-electron chi connectivity index (χ0n) is 35.2. The molecule has 0 aromatic heterocycles. The number of hydrogen-bond donors (Lipinski definition) is 4. The summed E-state index contributed by atoms with van der Waals surface area (Å²) >= 11 is 13.0. The lowest BCUT2D eigenvalue weighted by Gasteiger charge is -2.66. The number of benzene rings is 2. The summed E-state index contributed by atoms with van der Waals surface area (Å²) in [5, 5.41) is 8.05. The van der Waals surface area contributed by atoms with Crippen molar-refractivity contribution in [3.05, 3.63) is 71.3 Å². The summed E-state index contributed by atoms with van der Waals surface area (Å²) in [7, 11) is 0. The van der Waals surface area contributed by atoms with E-state index >= 15 is 0 Å². The first kappa shape index (κ1) is 39.3. The minimum Gasteiger partial charge on any atom is -0.376 e. The number of nitrogens with two attached hydrogens (primary N) is 2. The van der Waals surface area contributed by atoms with E-state index in [1.807, 2.05) is 0 Å². The van der Waals surface area contributed by atoms with Crippen molar-refractivity contribution in [2.45, 2.75) is 158 Å². The van der Waals surface area contributed by atoms with Crippen molar-refractivity contribution in [2.24, 2.45) is 69.6 Å². The second-order valence-electron chi connectivity index (χ2n) is 22.2. The summed E-state index contributed by atoms with van der Waals surface area (Å²) in [6.45, 7) is 6.82. The van der Waals surface area contributed by atoms with Crippen LogP contribution in [0.3, 0.4) is 0 Å². The molecule has 0 radical (unpaired) electrons. The van der Waals surface area contributed by atoms with Gasteiger partial charge in [0.25, 0.3) is 0 Å². The van der Waals surface area contributed by atoms with Crippen molar-refractivity contribution in [1.29, 1.82) is 0 Å². The van der Waals surface area contributed by atoms with Gasteiger partial charge in [-0.05, 0) is 209 Å². The molecule has 0 spiro atoms. The van der Waals surface area contributed by atoms with Gasteiger partial charge in [-0.1, -0.05) is 92.9 Å². The van der Waals surface area contributed by atoms with Crippen LogP contribution in [0.1, 0.15) is 152 Å². The molecule has 0 aliphatic heterocycles. The fraction of sp³-hybridized carbons (Fsp3) is 0.725. The van der Waals surface area contributed by atoms with Crippen LogP contribution in [0.25, 0.3) is 0 Å². The van der Waals surface area contributed by atoms with Crippen LogP contribution in [0, 0.1) is 58.2 Å². The van der Waals surface area contributed by atoms with E-state index in [-0.39, 0.29) is 21.7 Å². The Kier molecular flexibility index (Phi) is 10.3. The van der Waals surface area contributed by atoms with Gasteiger partial charge in [0, 0.05) is 22.9 Å². The normalized spacial score (nSPS) is 44.8. The van der Waals surface area contributed by atoms with E-state index < -0.39 is 0 Å². The molecule has 2 aromatic rings. The van der Waals surface area contributed by atoms with Crippen molar-refractivity contribution in [3.8, 4) is 0 Å². The van der Waals surface area contributed by atoms with Crippen LogP contribution in [0.5, 0.6) is 0 Å². The van der Waals surface area contributed by atoms with E-state index in [2.05, 4.69) is 79.1 Å². The highest BCUT2D eigenvalue weighted by Crippen LogP contribution is 2.70. The molecule has 8 bridgehead atoms. The molecule has 10 aliphatic rings. The molecule has 5 unspecified atom stereocenters. The van der Waals surface area contributed by atoms with Gasteiger partial charge in [0.2, 0.25) is 0 Å². The summed E-state index contributed by atoms with van der Waals surface area (Å²) in [5.41, 5.74) is 17.7. The van der Waals surface area contributed by atoms with Crippen molar-refractivity contribution >= 4 is 34.4 Å². The number of nitrogens with one attached hydrogen (secondary N) is 2. The zero-order valence-corrected chi connectivity index (χ0v) is 36.8. The Morgan fingerprint density at radius 2 is 1.02 bits per heavy atom. The van der Waals surface area contributed by atoms with Gasteiger partial charge in [0.1, 0.15) is 0 Å². The van der Waals surface area contributed by atoms with Gasteiger partial charge in [-0.3, -0.25) is 0 Å². The smallest absolute Gasteiger partial charge is 0.0818 e. The second-order valence-corrected chi connectivity index (χ2v) is 23.0. The number of rotatable bonds is 10. The van der Waals surface area contributed by atoms with E-state index in [1.54, 1.807) is 16.7 Å². The van der Waals surface area contributed by atoms with E-state index in [9.17, 15) is 0 Å². The van der Waals surface area contributed by atoms with Crippen LogP contribution in [0.15, 0.2) is 54.6 Å². The average Bonchev–Trinajstić information content (AvgIpc) is 3.23. The Morgan fingerprint density at radius 3 is 1.47 bits per heavy atom. The zero-order chi connectivity index (χ0) is 39.2. The van der Waals surface area contributed by atoms with Crippen molar-refractivity contribution < 1.29 is 0 Å². The highest BCUT2D eigenvalue weighted by molar-refractivity contribution is 7.80. The lowest BCUT2D eigenvalue weighted by atomic mass is 9.39. The molecule has 2 aromatic carbocycles. The molecule has 57 heavy (non-hydrogen) atoms. The molecule has 0 saturated heterocycles. The van der Waals surface area contributed by atoms with E-state index in [0.29, 0.717) is 41.7 Å². The Morgan fingerprint density at radius 1 is 0.596 bits per heavy atom. The van der Waals surface area contributed by atoms with E-state index in [4.69, 9.17) is 35.9 Å². The van der Waals surface area contributed by atoms with Crippen LogP contribution in [-0.4, -0.2) is 35.2 Å². The third-order valence-electron chi connectivity index (χ3n) is 19.2. The van der Waals surface area contributed by atoms with Gasteiger partial charge < -0.3 is 22.1 Å². The molecule has 10 aliphatic carbocycles. The largest absolute Gasteiger partial charge is 0.376 e. The molecule has 10 saturated carbocycles. The second kappa shape index (κ2) is 14.9. The molecule has 6 heteroatoms. The van der Waals surface area contributed by atoms with Crippen LogP contribution >= 0.6 is 24.4 Å². The van der Waals surface area contributed by atoms with E-state index in [1.165, 1.54) is 126 Å². The summed E-state index contributed by atoms with van der Waals surface area (Å²) in [4.78, 5) is 2.43. The fourth-order valence-electron chi connectivity index (χ4n) is 16.5. The molecular weight excluding hydrogens is 733 g/mol. The maximum Gasteiger partial charge on any atom is 0.0818 e. The van der Waals surface area contributed by atoms with Gasteiger partial charge in [-0.25, -0.2) is 0 Å². The highest BCUT2D eigenvalue weighted by Gasteiger charge is 2.64. The lowest BCUT2D eigenvalue weighted by molar-refractivity contribution is -0.0886. The predicted molar refractivity (Wildman–Crippen MR) is 243 cm³/mol. The molecular formula is C51H72N4S2. The quantitative estimate of drug-likeness (QED) is 0.179. The fourth-order valence-corrected chi connectivity index (χ4v) is 17.3. The van der Waals surface area contributed by atoms with Crippen molar-refractivity contribution in [2.75, 3.05) is 13.1 Å². The minimum atomic E-state index is 0.132. The Bertz CT molecular complexity index is 1760. The lowest BCUT2D eigenvalue weighted by Crippen LogP contribution is -2.62. The molecule has 10 fully saturated rings. The third kappa shape index (κ3) is 6.71. The van der Waals surface area contributed by atoms with Gasteiger partial charge in [-0.2, -0.15) is 0 Å². The molecule has 12 rings (SSSR count). The molecule has 308 valence electrons. The van der Waals surface area contributed by atoms with Gasteiger partial charge in [-0.15, -0.1) is 0 Å². The van der Waals surface area contributed by atoms with Gasteiger partial charge >= 0.3 is 0 Å². The highest BCUT2D eigenvalue weighted by atomic mass is 32.1. The topological polar surface area (TPSA) is 76.1 Å². The average molecular weight is 805 g/mol. The summed E-state index contributed by atoms with van der Waals surface area (Å²) in [6, 6.07) is 23.1.